The summed E-state index contributed by atoms with van der Waals surface area (Å²) in [5, 5.41) is 9.39. The second-order valence-corrected chi connectivity index (χ2v) is 34.5. The molecule has 0 spiro atoms. The Morgan fingerprint density at radius 2 is 0.598 bits per heavy atom. The number of aryl methyl sites for hydroxylation is 7. The summed E-state index contributed by atoms with van der Waals surface area (Å²) >= 11 is 0. The Hall–Kier alpha value is -10.7. The molecule has 0 aromatic heterocycles. The molecule has 0 aliphatic heterocycles. The number of allylic oxidation sites excluding steroid dienone is 4. The van der Waals surface area contributed by atoms with Gasteiger partial charge in [0.2, 0.25) is 0 Å². The Labute approximate surface area is 768 Å². The first-order valence-electron chi connectivity index (χ1n) is 47.2. The molecule has 127 heavy (non-hydrogen) atoms. The van der Waals surface area contributed by atoms with E-state index in [1.54, 1.807) is 34.6 Å². The standard InChI is InChI=1S/C15H20O.C14H18O.C14H20O.C14H18O.2C13H16O.C13H18.C12H16O.C11H14O/c1-3-4-5-13-6-8-14(9-7-13)15(10-11-15)12(2)16;1-10(2)12-4-6-13(7-5-12)14(8-9-14)11(3)15;2*1-4-5-6-13-7-9-14(10-8-13)11(2)12(3)15;1-9(2)12-5-7-13(8-6-12)10(3)11(4)14;1-3-4-5-12-6-8-13(9-7-12)11(2)10-14;1-3-5-7-13-10-8-12(6-4-2)9-11-13;1-2-3-4-11-5-7-12(8-6-11)9-10-13;1-2-3-4-10-5-7-11(9-12)8-6-10/h6-9H,3-5,10-11H2,1-2H3;4-7,10H,8-9H2,1-3H3;7-10,12,15H,2,4-6H2,1,3H3;7-10H,2,4-6H2,1,3H3;5-9H,3H2,1-2,4H3;6-10H,2-5H2,1H3;4,6,8-11H,3,5,7H2,1-2H3;5-8,10H,2-4,9H2,1H3;5-9H,2-4H2,1H3. The predicted octanol–water partition coefficient (Wildman–Crippen LogP) is 30.5. The van der Waals surface area contributed by atoms with Crippen LogP contribution in [0.25, 0.3) is 28.4 Å². The van der Waals surface area contributed by atoms with Gasteiger partial charge in [0.15, 0.2) is 11.6 Å². The SMILES string of the molecule is C=C(C(C)=O)c1ccc(C(C)C)cc1.C=C(C(C)=O)c1ccc(CCCC)cc1.C=C(C=O)c1ccc(CCCC)cc1.C=C(c1ccc(CCCC)cc1)C(C)O.CC(=O)C1(c2ccc(C(C)C)cc2)CC1.CC=Cc1ccc(CCCC)cc1.CCCCc1ccc(C2(C(C)=O)CC2)cc1.CCCCc1ccc(C=O)cc1.CCCCc1ccc(CC=O)cc1. The molecule has 2 aliphatic rings. The van der Waals surface area contributed by atoms with Crippen LogP contribution in [-0.2, 0) is 91.0 Å². The van der Waals surface area contributed by atoms with Gasteiger partial charge in [-0.1, -0.05) is 378 Å². The Morgan fingerprint density at radius 1 is 0.346 bits per heavy atom. The molecule has 2 aliphatic carbocycles. The molecule has 8 nitrogen and oxygen atoms in total. The molecule has 0 saturated heterocycles. The number of aliphatic hydroxyl groups is 1. The largest absolute Gasteiger partial charge is 0.389 e. The number of Topliss-reactive ketones (excluding diaryl/α,β-unsaturated/α-hetero) is 4. The summed E-state index contributed by atoms with van der Waals surface area (Å²) in [5.41, 5.74) is 23.9. The van der Waals surface area contributed by atoms with Crippen molar-refractivity contribution in [1.82, 2.24) is 0 Å². The molecule has 8 heteroatoms. The second-order valence-electron chi connectivity index (χ2n) is 34.5. The van der Waals surface area contributed by atoms with Crippen LogP contribution in [0.1, 0.15) is 350 Å². The van der Waals surface area contributed by atoms with E-state index in [0.29, 0.717) is 46.5 Å². The highest BCUT2D eigenvalue weighted by Crippen LogP contribution is 2.50. The highest BCUT2D eigenvalue weighted by atomic mass is 16.3. The summed E-state index contributed by atoms with van der Waals surface area (Å²) in [6, 6.07) is 74.7. The number of aliphatic hydroxyl groups excluding tert-OH is 1. The molecule has 11 rings (SSSR count). The molecule has 1 atom stereocenters. The third-order valence-corrected chi connectivity index (χ3v) is 23.4. The van der Waals surface area contributed by atoms with Gasteiger partial charge in [0.1, 0.15) is 30.4 Å². The average molecular weight is 1710 g/mol. The van der Waals surface area contributed by atoms with E-state index in [9.17, 15) is 38.7 Å². The Morgan fingerprint density at radius 3 is 0.850 bits per heavy atom. The molecule has 2 fully saturated rings. The van der Waals surface area contributed by atoms with Crippen LogP contribution in [0.5, 0.6) is 0 Å². The van der Waals surface area contributed by atoms with Crippen molar-refractivity contribution in [1.29, 1.82) is 0 Å². The molecule has 9 aromatic rings. The highest BCUT2D eigenvalue weighted by Gasteiger charge is 2.49. The quantitative estimate of drug-likeness (QED) is 0.0297. The van der Waals surface area contributed by atoms with Gasteiger partial charge in [-0.2, -0.15) is 0 Å². The molecular formula is C119H156O8. The minimum Gasteiger partial charge on any atom is -0.389 e. The molecule has 1 unspecified atom stereocenters. The zero-order valence-corrected chi connectivity index (χ0v) is 80.9. The molecule has 0 heterocycles. The van der Waals surface area contributed by atoms with Crippen molar-refractivity contribution in [3.05, 3.63) is 351 Å². The fourth-order valence-corrected chi connectivity index (χ4v) is 13.9. The Balaban J connectivity index is 0.000000369. The molecule has 0 bridgehead atoms. The lowest BCUT2D eigenvalue weighted by Crippen LogP contribution is -2.16. The topological polar surface area (TPSA) is 140 Å². The van der Waals surface area contributed by atoms with Gasteiger partial charge in [0, 0.05) is 28.7 Å². The molecule has 1 N–H and O–H groups in total. The number of unbranched alkanes of at least 4 members (excludes halogenated alkanes) is 7. The van der Waals surface area contributed by atoms with Crippen LogP contribution in [-0.4, -0.2) is 53.2 Å². The normalized spacial score (nSPS) is 12.2. The number of aldehydes is 3. The minimum absolute atomic E-state index is 0.0299. The molecule has 2 saturated carbocycles. The molecular weight excluding hydrogens is 1560 g/mol. The van der Waals surface area contributed by atoms with Crippen molar-refractivity contribution < 1.29 is 38.7 Å². The Kier molecular flexibility index (Phi) is 54.4. The third-order valence-electron chi connectivity index (χ3n) is 23.4. The number of carbonyl (C=O) groups is 7. The van der Waals surface area contributed by atoms with Crippen LogP contribution < -0.4 is 0 Å². The predicted molar refractivity (Wildman–Crippen MR) is 545 cm³/mol. The van der Waals surface area contributed by atoms with Gasteiger partial charge in [-0.05, 0) is 269 Å². The van der Waals surface area contributed by atoms with Crippen molar-refractivity contribution in [2.45, 2.75) is 313 Å². The molecule has 0 amide bonds. The fraction of sp³-hybridized carbons (Fsp3) is 0.403. The fourth-order valence-electron chi connectivity index (χ4n) is 13.9. The Bertz CT molecular complexity index is 4710. The van der Waals surface area contributed by atoms with Crippen LogP contribution in [0.15, 0.2) is 251 Å². The van der Waals surface area contributed by atoms with E-state index in [1.807, 2.05) is 104 Å². The van der Waals surface area contributed by atoms with E-state index in [-0.39, 0.29) is 22.4 Å². The lowest BCUT2D eigenvalue weighted by atomic mass is 9.90. The smallest absolute Gasteiger partial charge is 0.159 e. The maximum Gasteiger partial charge on any atom is 0.159 e. The van der Waals surface area contributed by atoms with Crippen molar-refractivity contribution in [2.75, 3.05) is 0 Å². The molecule has 0 radical (unpaired) electrons. The van der Waals surface area contributed by atoms with Crippen LogP contribution in [0.2, 0.25) is 0 Å². The van der Waals surface area contributed by atoms with E-state index in [0.717, 1.165) is 122 Å². The van der Waals surface area contributed by atoms with Crippen molar-refractivity contribution in [2.24, 2.45) is 0 Å². The van der Waals surface area contributed by atoms with Crippen LogP contribution in [0.3, 0.4) is 0 Å². The van der Waals surface area contributed by atoms with E-state index in [1.165, 1.54) is 163 Å². The second kappa shape index (κ2) is 62.5. The van der Waals surface area contributed by atoms with Crippen molar-refractivity contribution in [3.63, 3.8) is 0 Å². The highest BCUT2D eigenvalue weighted by molar-refractivity contribution is 6.19. The maximum atomic E-state index is 11.6. The van der Waals surface area contributed by atoms with Gasteiger partial charge in [-0.15, -0.1) is 0 Å². The number of carbonyl (C=O) groups excluding carboxylic acids is 7. The lowest BCUT2D eigenvalue weighted by molar-refractivity contribution is -0.120. The van der Waals surface area contributed by atoms with Crippen molar-refractivity contribution in [3.8, 4) is 0 Å². The molecule has 680 valence electrons. The van der Waals surface area contributed by atoms with Crippen LogP contribution in [0, 0.1) is 0 Å². The minimum atomic E-state index is -0.466. The number of hydrogen-bond acceptors (Lipinski definition) is 8. The first-order chi connectivity index (χ1) is 60.9. The first-order valence-corrected chi connectivity index (χ1v) is 47.2. The van der Waals surface area contributed by atoms with E-state index >= 15 is 0 Å². The number of benzene rings is 9. The summed E-state index contributed by atoms with van der Waals surface area (Å²) in [7, 11) is 0. The van der Waals surface area contributed by atoms with E-state index < -0.39 is 6.10 Å². The zero-order valence-electron chi connectivity index (χ0n) is 80.9. The number of rotatable bonds is 39. The van der Waals surface area contributed by atoms with Crippen LogP contribution >= 0.6 is 0 Å². The van der Waals surface area contributed by atoms with Gasteiger partial charge in [-0.25, -0.2) is 0 Å². The van der Waals surface area contributed by atoms with Gasteiger partial charge in [0.25, 0.3) is 0 Å². The summed E-state index contributed by atoms with van der Waals surface area (Å²) < 4.78 is 0. The number of hydrogen-bond donors (Lipinski definition) is 1. The van der Waals surface area contributed by atoms with Crippen molar-refractivity contribution >= 4 is 70.4 Å². The van der Waals surface area contributed by atoms with E-state index in [2.05, 4.69) is 236 Å². The molecule has 9 aromatic carbocycles. The third kappa shape index (κ3) is 42.2. The summed E-state index contributed by atoms with van der Waals surface area (Å²) in [5.74, 6) is 1.80. The van der Waals surface area contributed by atoms with Gasteiger partial charge in [-0.3, -0.25) is 28.8 Å². The van der Waals surface area contributed by atoms with Gasteiger partial charge in [0.05, 0.1) is 16.9 Å². The number of ketones is 4. The average Bonchev–Trinajstić information content (AvgIpc) is 1.61. The zero-order chi connectivity index (χ0) is 94.1. The summed E-state index contributed by atoms with van der Waals surface area (Å²) in [6.45, 7) is 49.4. The van der Waals surface area contributed by atoms with Crippen LogP contribution in [0.4, 0.5) is 0 Å². The van der Waals surface area contributed by atoms with Gasteiger partial charge >= 0.3 is 0 Å². The maximum absolute atomic E-state index is 11.6. The monoisotopic (exact) mass is 1710 g/mol. The first kappa shape index (κ1) is 111. The van der Waals surface area contributed by atoms with Gasteiger partial charge < -0.3 is 9.90 Å². The summed E-state index contributed by atoms with van der Waals surface area (Å²) in [6.07, 6.45) is 36.3. The van der Waals surface area contributed by atoms with E-state index in [4.69, 9.17) is 0 Å². The lowest BCUT2D eigenvalue weighted by Gasteiger charge is -2.13. The summed E-state index contributed by atoms with van der Waals surface area (Å²) in [4.78, 5) is 76.3.